The summed E-state index contributed by atoms with van der Waals surface area (Å²) in [4.78, 5) is 45.6. The van der Waals surface area contributed by atoms with Crippen LogP contribution in [0.25, 0.3) is 0 Å². The summed E-state index contributed by atoms with van der Waals surface area (Å²) in [5.74, 6) is -2.44. The molecule has 0 radical (unpaired) electrons. The first kappa shape index (κ1) is 46.4. The molecule has 0 heterocycles. The summed E-state index contributed by atoms with van der Waals surface area (Å²) in [6.07, 6.45) is 33.3. The van der Waals surface area contributed by atoms with Crippen LogP contribution in [0.3, 0.4) is 0 Å². The Hall–Kier alpha value is -2.56. The third-order valence-electron chi connectivity index (χ3n) is 7.31. The maximum Gasteiger partial charge on any atom is 0.472 e. The fourth-order valence-electron chi connectivity index (χ4n) is 4.42. The molecular weight excluding hydrogens is 649 g/mol. The van der Waals surface area contributed by atoms with Crippen molar-refractivity contribution in [3.8, 4) is 0 Å². The van der Waals surface area contributed by atoms with Crippen LogP contribution in [-0.2, 0) is 37.5 Å². The van der Waals surface area contributed by atoms with E-state index in [2.05, 4.69) is 67.0 Å². The van der Waals surface area contributed by atoms with E-state index in [1.807, 2.05) is 0 Å². The number of nitrogens with two attached hydrogens (primary N) is 1. The second-order valence-corrected chi connectivity index (χ2v) is 13.4. The van der Waals surface area contributed by atoms with Gasteiger partial charge in [-0.3, -0.25) is 23.4 Å². The van der Waals surface area contributed by atoms with Crippen molar-refractivity contribution < 1.29 is 47.5 Å². The van der Waals surface area contributed by atoms with Gasteiger partial charge in [0.25, 0.3) is 0 Å². The van der Waals surface area contributed by atoms with E-state index in [9.17, 15) is 23.8 Å². The van der Waals surface area contributed by atoms with Gasteiger partial charge in [0.2, 0.25) is 0 Å². The highest BCUT2D eigenvalue weighted by atomic mass is 31.2. The highest BCUT2D eigenvalue weighted by Crippen LogP contribution is 2.43. The van der Waals surface area contributed by atoms with Crippen molar-refractivity contribution in [1.82, 2.24) is 0 Å². The molecule has 0 aliphatic carbocycles. The fourth-order valence-corrected chi connectivity index (χ4v) is 5.20. The van der Waals surface area contributed by atoms with Gasteiger partial charge in [0.15, 0.2) is 6.10 Å². The Bertz CT molecular complexity index is 1030. The highest BCUT2D eigenvalue weighted by molar-refractivity contribution is 7.47. The zero-order chi connectivity index (χ0) is 36.4. The monoisotopic (exact) mass is 713 g/mol. The number of unbranched alkanes of at least 4 members (excludes halogenated alkanes) is 11. The molecule has 0 spiro atoms. The summed E-state index contributed by atoms with van der Waals surface area (Å²) in [5, 5.41) is 8.84. The molecule has 12 heteroatoms. The zero-order valence-corrected chi connectivity index (χ0v) is 30.9. The Balaban J connectivity index is 4.55. The van der Waals surface area contributed by atoms with Crippen LogP contribution in [0.2, 0.25) is 0 Å². The minimum absolute atomic E-state index is 0.123. The lowest BCUT2D eigenvalue weighted by Crippen LogP contribution is -2.34. The SMILES string of the molecule is CC/C=C\C/C=C\C/C=C\CCCCCC(=O)OC(COC(=O)CCCCCCC/C=C\CCCCC)COP(=O)(O)OCC(N)C(=O)O. The fraction of sp³-hybridized carbons (Fsp3) is 0.703. The number of rotatable bonds is 33. The molecule has 0 rings (SSSR count). The van der Waals surface area contributed by atoms with Crippen molar-refractivity contribution in [2.45, 2.75) is 148 Å². The van der Waals surface area contributed by atoms with Crippen molar-refractivity contribution in [3.63, 3.8) is 0 Å². The number of phosphoric ester groups is 1. The first-order valence-electron chi connectivity index (χ1n) is 18.2. The summed E-state index contributed by atoms with van der Waals surface area (Å²) in [7, 11) is -4.72. The number of carboxylic acids is 1. The van der Waals surface area contributed by atoms with Gasteiger partial charge in [0, 0.05) is 12.8 Å². The number of phosphoric acid groups is 1. The molecule has 0 fully saturated rings. The van der Waals surface area contributed by atoms with Gasteiger partial charge in [-0.1, -0.05) is 101 Å². The van der Waals surface area contributed by atoms with Crippen LogP contribution in [0.1, 0.15) is 136 Å². The maximum atomic E-state index is 12.5. The lowest BCUT2D eigenvalue weighted by molar-refractivity contribution is -0.161. The molecule has 0 saturated heterocycles. The molecule has 49 heavy (non-hydrogen) atoms. The van der Waals surface area contributed by atoms with Gasteiger partial charge in [-0.05, 0) is 70.6 Å². The second-order valence-electron chi connectivity index (χ2n) is 12.0. The van der Waals surface area contributed by atoms with E-state index in [1.165, 1.54) is 19.3 Å². The predicted octanol–water partition coefficient (Wildman–Crippen LogP) is 8.66. The first-order chi connectivity index (χ1) is 23.6. The lowest BCUT2D eigenvalue weighted by Gasteiger charge is -2.20. The first-order valence-corrected chi connectivity index (χ1v) is 19.7. The van der Waals surface area contributed by atoms with Crippen LogP contribution in [0.5, 0.6) is 0 Å². The average molecular weight is 714 g/mol. The smallest absolute Gasteiger partial charge is 0.472 e. The van der Waals surface area contributed by atoms with Crippen LogP contribution in [0.15, 0.2) is 48.6 Å². The largest absolute Gasteiger partial charge is 0.480 e. The van der Waals surface area contributed by atoms with Crippen molar-refractivity contribution in [1.29, 1.82) is 0 Å². The second kappa shape index (κ2) is 32.6. The van der Waals surface area contributed by atoms with Crippen LogP contribution in [0, 0.1) is 0 Å². The molecule has 0 aliphatic rings. The zero-order valence-electron chi connectivity index (χ0n) is 30.0. The molecule has 282 valence electrons. The Morgan fingerprint density at radius 1 is 0.653 bits per heavy atom. The van der Waals surface area contributed by atoms with Crippen molar-refractivity contribution in [2.24, 2.45) is 5.73 Å². The van der Waals surface area contributed by atoms with Crippen molar-refractivity contribution in [2.75, 3.05) is 19.8 Å². The van der Waals surface area contributed by atoms with Gasteiger partial charge in [0.1, 0.15) is 12.6 Å². The summed E-state index contributed by atoms with van der Waals surface area (Å²) in [5.41, 5.74) is 5.30. The van der Waals surface area contributed by atoms with E-state index in [-0.39, 0.29) is 19.4 Å². The molecule has 0 amide bonds. The summed E-state index contributed by atoms with van der Waals surface area (Å²) in [6, 6.07) is -1.53. The number of aliphatic carboxylic acids is 1. The number of carbonyl (C=O) groups is 3. The summed E-state index contributed by atoms with van der Waals surface area (Å²) in [6.45, 7) is 2.58. The number of carbonyl (C=O) groups excluding carboxylic acids is 2. The minimum Gasteiger partial charge on any atom is -0.480 e. The molecule has 0 bridgehead atoms. The van der Waals surface area contributed by atoms with Gasteiger partial charge in [-0.15, -0.1) is 0 Å². The van der Waals surface area contributed by atoms with Gasteiger partial charge < -0.3 is 25.2 Å². The van der Waals surface area contributed by atoms with E-state index in [4.69, 9.17) is 24.8 Å². The number of hydrogen-bond acceptors (Lipinski definition) is 9. The highest BCUT2D eigenvalue weighted by Gasteiger charge is 2.28. The third kappa shape index (κ3) is 32.4. The molecule has 3 atom stereocenters. The standard InChI is InChI=1S/C37H64NO10P/c1-3-5-7-9-11-13-15-17-19-21-23-25-27-29-36(40)48-33(31-46-49(43,44)47-32-34(38)37(41)42)30-45-35(39)28-26-24-22-20-18-16-14-12-10-8-6-4-2/h5,7,11-14,17,19,33-34H,3-4,6,8-10,15-16,18,20-32,38H2,1-2H3,(H,41,42)(H,43,44)/b7-5-,13-11-,14-12-,19-17-. The quantitative estimate of drug-likeness (QED) is 0.0257. The molecule has 0 saturated carbocycles. The Morgan fingerprint density at radius 2 is 1.14 bits per heavy atom. The maximum absolute atomic E-state index is 12.5. The number of carboxylic acid groups (broad SMARTS) is 1. The number of ether oxygens (including phenoxy) is 2. The molecule has 4 N–H and O–H groups in total. The molecule has 0 aromatic carbocycles. The third-order valence-corrected chi connectivity index (χ3v) is 8.26. The molecular formula is C37H64NO10P. The molecule has 0 aliphatic heterocycles. The van der Waals surface area contributed by atoms with Crippen LogP contribution < -0.4 is 5.73 Å². The van der Waals surface area contributed by atoms with Gasteiger partial charge in [-0.25, -0.2) is 4.57 Å². The van der Waals surface area contributed by atoms with Gasteiger partial charge in [-0.2, -0.15) is 0 Å². The Labute approximate surface area is 295 Å². The Morgan fingerprint density at radius 3 is 1.76 bits per heavy atom. The summed E-state index contributed by atoms with van der Waals surface area (Å²) >= 11 is 0. The molecule has 11 nitrogen and oxygen atoms in total. The normalized spacial score (nSPS) is 14.5. The molecule has 0 aromatic heterocycles. The topological polar surface area (TPSA) is 172 Å². The number of esters is 2. The molecule has 3 unspecified atom stereocenters. The van der Waals surface area contributed by atoms with Crippen molar-refractivity contribution in [3.05, 3.63) is 48.6 Å². The van der Waals surface area contributed by atoms with E-state index < -0.39 is 51.1 Å². The minimum atomic E-state index is -4.72. The van der Waals surface area contributed by atoms with Gasteiger partial charge >= 0.3 is 25.7 Å². The van der Waals surface area contributed by atoms with E-state index in [0.717, 1.165) is 77.0 Å². The molecule has 0 aromatic rings. The predicted molar refractivity (Wildman–Crippen MR) is 194 cm³/mol. The number of hydrogen-bond donors (Lipinski definition) is 3. The van der Waals surface area contributed by atoms with Crippen molar-refractivity contribution >= 4 is 25.7 Å². The summed E-state index contributed by atoms with van der Waals surface area (Å²) < 4.78 is 32.5. The van der Waals surface area contributed by atoms with E-state index >= 15 is 0 Å². The number of allylic oxidation sites excluding steroid dienone is 8. The van der Waals surface area contributed by atoms with E-state index in [0.29, 0.717) is 12.8 Å². The van der Waals surface area contributed by atoms with Crippen LogP contribution >= 0.6 is 7.82 Å². The van der Waals surface area contributed by atoms with E-state index in [1.54, 1.807) is 0 Å². The average Bonchev–Trinajstić information content (AvgIpc) is 3.07. The van der Waals surface area contributed by atoms with Crippen LogP contribution in [0.4, 0.5) is 0 Å². The lowest BCUT2D eigenvalue weighted by atomic mass is 10.1. The Kier molecular flexibility index (Phi) is 30.9. The van der Waals surface area contributed by atoms with Gasteiger partial charge in [0.05, 0.1) is 13.2 Å². The van der Waals surface area contributed by atoms with Crippen LogP contribution in [-0.4, -0.2) is 59.9 Å².